The van der Waals surface area contributed by atoms with Crippen LogP contribution in [0.25, 0.3) is 0 Å². The van der Waals surface area contributed by atoms with E-state index in [1.165, 1.54) is 18.4 Å². The number of piperazine rings is 1. The average Bonchev–Trinajstić information content (AvgIpc) is 3.29. The van der Waals surface area contributed by atoms with E-state index in [4.69, 9.17) is 9.51 Å². The average molecular weight is 412 g/mol. The zero-order valence-corrected chi connectivity index (χ0v) is 18.1. The van der Waals surface area contributed by atoms with Gasteiger partial charge in [0.25, 0.3) is 0 Å². The summed E-state index contributed by atoms with van der Waals surface area (Å²) in [7, 11) is 1.85. The van der Waals surface area contributed by atoms with Crippen molar-refractivity contribution in [3.8, 4) is 0 Å². The van der Waals surface area contributed by atoms with Crippen LogP contribution in [0.1, 0.15) is 31.0 Å². The normalized spacial score (nSPS) is 19.3. The first-order valence-electron chi connectivity index (χ1n) is 11.0. The molecule has 4 rings (SSSR count). The maximum absolute atomic E-state index is 4.93. The highest BCUT2D eigenvalue weighted by molar-refractivity contribution is 5.80. The van der Waals surface area contributed by atoms with E-state index in [1.807, 2.05) is 19.3 Å². The number of rotatable bonds is 5. The van der Waals surface area contributed by atoms with Crippen LogP contribution < -0.4 is 10.2 Å². The van der Waals surface area contributed by atoms with Gasteiger partial charge in [-0.05, 0) is 30.4 Å². The van der Waals surface area contributed by atoms with Gasteiger partial charge in [-0.25, -0.2) is 4.98 Å². The summed E-state index contributed by atoms with van der Waals surface area (Å²) in [4.78, 5) is 16.3. The summed E-state index contributed by atoms with van der Waals surface area (Å²) in [6.07, 6.45) is 6.13. The number of pyridine rings is 1. The summed E-state index contributed by atoms with van der Waals surface area (Å²) in [5.41, 5.74) is 2.16. The van der Waals surface area contributed by atoms with Crippen LogP contribution in [-0.4, -0.2) is 72.2 Å². The van der Waals surface area contributed by atoms with Gasteiger partial charge in [0.05, 0.1) is 5.69 Å². The SMILES string of the molecule is CN=C(NCc1ccc(N2CCC(C)CC2)nc1)N1CCN(Cc2ccon2)CC1. The number of guanidine groups is 1. The Morgan fingerprint density at radius 3 is 2.57 bits per heavy atom. The van der Waals surface area contributed by atoms with Crippen LogP contribution in [0.4, 0.5) is 5.82 Å². The highest BCUT2D eigenvalue weighted by atomic mass is 16.5. The highest BCUT2D eigenvalue weighted by Gasteiger charge is 2.20. The molecule has 2 fully saturated rings. The monoisotopic (exact) mass is 411 g/mol. The lowest BCUT2D eigenvalue weighted by atomic mass is 9.99. The molecular weight excluding hydrogens is 378 g/mol. The van der Waals surface area contributed by atoms with Crippen LogP contribution >= 0.6 is 0 Å². The molecule has 0 atom stereocenters. The van der Waals surface area contributed by atoms with Crippen molar-refractivity contribution in [3.63, 3.8) is 0 Å². The third kappa shape index (κ3) is 5.30. The van der Waals surface area contributed by atoms with Gasteiger partial charge in [0.1, 0.15) is 12.1 Å². The molecule has 0 saturated carbocycles. The Kier molecular flexibility index (Phi) is 6.84. The van der Waals surface area contributed by atoms with Crippen LogP contribution in [0.5, 0.6) is 0 Å². The molecule has 8 heteroatoms. The van der Waals surface area contributed by atoms with Gasteiger partial charge in [-0.3, -0.25) is 9.89 Å². The fraction of sp³-hybridized carbons (Fsp3) is 0.591. The van der Waals surface area contributed by atoms with Crippen molar-refractivity contribution in [1.82, 2.24) is 25.3 Å². The van der Waals surface area contributed by atoms with E-state index in [0.29, 0.717) is 0 Å². The molecule has 1 N–H and O–H groups in total. The first kappa shape index (κ1) is 20.7. The van der Waals surface area contributed by atoms with Crippen molar-refractivity contribution in [2.75, 3.05) is 51.2 Å². The van der Waals surface area contributed by atoms with Crippen molar-refractivity contribution >= 4 is 11.8 Å². The van der Waals surface area contributed by atoms with Crippen molar-refractivity contribution in [2.24, 2.45) is 10.9 Å². The predicted molar refractivity (Wildman–Crippen MR) is 118 cm³/mol. The topological polar surface area (TPSA) is 73.0 Å². The lowest BCUT2D eigenvalue weighted by Gasteiger charge is -2.36. The Hall–Kier alpha value is -2.61. The molecular formula is C22H33N7O. The van der Waals surface area contributed by atoms with E-state index in [9.17, 15) is 0 Å². The van der Waals surface area contributed by atoms with Gasteiger partial charge in [0.15, 0.2) is 5.96 Å². The molecule has 2 aliphatic rings. The molecule has 0 radical (unpaired) electrons. The number of nitrogens with one attached hydrogen (secondary N) is 1. The first-order valence-corrected chi connectivity index (χ1v) is 11.0. The summed E-state index contributed by atoms with van der Waals surface area (Å²) in [5, 5.41) is 7.50. The Balaban J connectivity index is 1.23. The van der Waals surface area contributed by atoms with Crippen molar-refractivity contribution in [3.05, 3.63) is 41.9 Å². The number of hydrogen-bond donors (Lipinski definition) is 1. The number of piperidine rings is 1. The second-order valence-electron chi connectivity index (χ2n) is 8.35. The van der Waals surface area contributed by atoms with E-state index in [1.54, 1.807) is 6.26 Å². The van der Waals surface area contributed by atoms with Crippen molar-refractivity contribution in [1.29, 1.82) is 0 Å². The molecule has 162 valence electrons. The molecule has 0 aliphatic carbocycles. The molecule has 30 heavy (non-hydrogen) atoms. The second kappa shape index (κ2) is 9.93. The van der Waals surface area contributed by atoms with Crippen LogP contribution in [0.15, 0.2) is 40.2 Å². The molecule has 0 aromatic carbocycles. The molecule has 0 bridgehead atoms. The fourth-order valence-corrected chi connectivity index (χ4v) is 4.13. The molecule has 8 nitrogen and oxygen atoms in total. The lowest BCUT2D eigenvalue weighted by Crippen LogP contribution is -2.52. The minimum Gasteiger partial charge on any atom is -0.364 e. The number of aromatic nitrogens is 2. The van der Waals surface area contributed by atoms with E-state index in [-0.39, 0.29) is 0 Å². The number of nitrogens with zero attached hydrogens (tertiary/aromatic N) is 6. The van der Waals surface area contributed by atoms with E-state index >= 15 is 0 Å². The Bertz CT molecular complexity index is 789. The third-order valence-electron chi connectivity index (χ3n) is 6.13. The summed E-state index contributed by atoms with van der Waals surface area (Å²) in [6, 6.07) is 6.26. The fourth-order valence-electron chi connectivity index (χ4n) is 4.13. The van der Waals surface area contributed by atoms with Crippen LogP contribution in [0, 0.1) is 5.92 Å². The minimum atomic E-state index is 0.732. The third-order valence-corrected chi connectivity index (χ3v) is 6.13. The Labute approximate surface area is 178 Å². The van der Waals surface area contributed by atoms with Crippen LogP contribution in [0.2, 0.25) is 0 Å². The first-order chi connectivity index (χ1) is 14.7. The standard InChI is InChI=1S/C22H33N7O/c1-18-5-8-28(9-6-18)21-4-3-19(15-24-21)16-25-22(23-2)29-12-10-27(11-13-29)17-20-7-14-30-26-20/h3-4,7,14-15,18H,5-6,8-13,16-17H2,1-2H3,(H,23,25). The highest BCUT2D eigenvalue weighted by Crippen LogP contribution is 2.21. The minimum absolute atomic E-state index is 0.732. The number of hydrogen-bond acceptors (Lipinski definition) is 6. The molecule has 2 aliphatic heterocycles. The zero-order chi connectivity index (χ0) is 20.8. The van der Waals surface area contributed by atoms with Gasteiger partial charge >= 0.3 is 0 Å². The quantitative estimate of drug-likeness (QED) is 0.597. The summed E-state index contributed by atoms with van der Waals surface area (Å²) in [6.45, 7) is 9.99. The van der Waals surface area contributed by atoms with E-state index < -0.39 is 0 Å². The molecule has 2 saturated heterocycles. The molecule has 2 aromatic heterocycles. The molecule has 2 aromatic rings. The molecule has 4 heterocycles. The van der Waals surface area contributed by atoms with E-state index in [2.05, 4.69) is 49.2 Å². The largest absolute Gasteiger partial charge is 0.364 e. The van der Waals surface area contributed by atoms with Gasteiger partial charge < -0.3 is 19.6 Å². The number of aliphatic imine (C=N–C) groups is 1. The molecule has 0 amide bonds. The summed E-state index contributed by atoms with van der Waals surface area (Å²) < 4.78 is 4.93. The van der Waals surface area contributed by atoms with Gasteiger partial charge in [0.2, 0.25) is 0 Å². The van der Waals surface area contributed by atoms with Crippen LogP contribution in [-0.2, 0) is 13.1 Å². The van der Waals surface area contributed by atoms with Crippen molar-refractivity contribution in [2.45, 2.75) is 32.9 Å². The second-order valence-corrected chi connectivity index (χ2v) is 8.35. The van der Waals surface area contributed by atoms with E-state index in [0.717, 1.165) is 75.7 Å². The lowest BCUT2D eigenvalue weighted by molar-refractivity contribution is 0.169. The number of anilines is 1. The smallest absolute Gasteiger partial charge is 0.194 e. The van der Waals surface area contributed by atoms with Crippen molar-refractivity contribution < 1.29 is 4.52 Å². The van der Waals surface area contributed by atoms with Crippen LogP contribution in [0.3, 0.4) is 0 Å². The summed E-state index contributed by atoms with van der Waals surface area (Å²) >= 11 is 0. The maximum Gasteiger partial charge on any atom is 0.194 e. The van der Waals surface area contributed by atoms with Gasteiger partial charge in [-0.1, -0.05) is 18.1 Å². The van der Waals surface area contributed by atoms with Gasteiger partial charge in [-0.15, -0.1) is 0 Å². The van der Waals surface area contributed by atoms with Gasteiger partial charge in [-0.2, -0.15) is 0 Å². The predicted octanol–water partition coefficient (Wildman–Crippen LogP) is 2.20. The molecule has 0 unspecified atom stereocenters. The maximum atomic E-state index is 4.93. The Morgan fingerprint density at radius 1 is 1.13 bits per heavy atom. The summed E-state index contributed by atoms with van der Waals surface area (Å²) in [5.74, 6) is 2.88. The van der Waals surface area contributed by atoms with Gasteiger partial charge in [0, 0.05) is 71.7 Å². The zero-order valence-electron chi connectivity index (χ0n) is 18.1. The Morgan fingerprint density at radius 2 is 1.93 bits per heavy atom. The molecule has 0 spiro atoms.